The number of methoxy groups -OCH3 is 2. The second kappa shape index (κ2) is 11.4. The van der Waals surface area contributed by atoms with Gasteiger partial charge in [-0.25, -0.2) is 4.79 Å². The van der Waals surface area contributed by atoms with E-state index in [0.717, 1.165) is 44.8 Å². The average molecular weight is 415 g/mol. The minimum Gasteiger partial charge on any atom is -0.493 e. The Hall–Kier alpha value is -2.77. The Kier molecular flexibility index (Phi) is 8.35. The molecule has 3 rings (SSSR count). The van der Waals surface area contributed by atoms with E-state index in [1.165, 1.54) is 0 Å². The molecular formula is C23H30N2O5. The molecule has 1 fully saturated rings. The van der Waals surface area contributed by atoms with Crippen molar-refractivity contribution in [3.63, 3.8) is 0 Å². The highest BCUT2D eigenvalue weighted by Gasteiger charge is 2.18. The molecule has 162 valence electrons. The largest absolute Gasteiger partial charge is 0.493 e. The van der Waals surface area contributed by atoms with Crippen molar-refractivity contribution in [1.82, 2.24) is 9.80 Å². The van der Waals surface area contributed by atoms with Gasteiger partial charge in [-0.2, -0.15) is 0 Å². The van der Waals surface area contributed by atoms with E-state index in [1.807, 2.05) is 36.4 Å². The molecule has 1 heterocycles. The quantitative estimate of drug-likeness (QED) is 0.627. The van der Waals surface area contributed by atoms with Gasteiger partial charge in [0.2, 0.25) is 0 Å². The van der Waals surface area contributed by atoms with Crippen LogP contribution in [0.5, 0.6) is 17.2 Å². The minimum atomic E-state index is -0.363. The van der Waals surface area contributed by atoms with Gasteiger partial charge >= 0.3 is 6.09 Å². The predicted octanol–water partition coefficient (Wildman–Crippen LogP) is 3.43. The smallest absolute Gasteiger partial charge is 0.415 e. The first kappa shape index (κ1) is 21.9. The summed E-state index contributed by atoms with van der Waals surface area (Å²) in [6, 6.07) is 14.8. The Bertz CT molecular complexity index is 793. The highest BCUT2D eigenvalue weighted by Crippen LogP contribution is 2.28. The third kappa shape index (κ3) is 6.37. The first-order valence-corrected chi connectivity index (χ1v) is 10.2. The van der Waals surface area contributed by atoms with E-state index in [9.17, 15) is 4.79 Å². The molecule has 1 aliphatic rings. The first-order chi connectivity index (χ1) is 14.7. The molecule has 0 saturated carbocycles. The molecule has 0 bridgehead atoms. The molecule has 0 radical (unpaired) electrons. The number of carbonyl (C=O) groups excluding carboxylic acids is 1. The molecule has 1 aliphatic heterocycles. The van der Waals surface area contributed by atoms with Gasteiger partial charge in [-0.15, -0.1) is 0 Å². The standard InChI is InChI=1S/C23H30N2O5/c1-27-21-10-9-19(17-22(21)28-2)18-25(12-6-11-24-13-15-29-16-14-24)23(26)30-20-7-4-3-5-8-20/h3-5,7-10,17H,6,11-16,18H2,1-2H3. The maximum atomic E-state index is 12.9. The van der Waals surface area contributed by atoms with Crippen LogP contribution in [0.2, 0.25) is 0 Å². The van der Waals surface area contributed by atoms with E-state index in [1.54, 1.807) is 31.3 Å². The summed E-state index contributed by atoms with van der Waals surface area (Å²) in [5.74, 6) is 1.83. The molecule has 30 heavy (non-hydrogen) atoms. The number of hydrogen-bond acceptors (Lipinski definition) is 6. The van der Waals surface area contributed by atoms with Crippen LogP contribution in [-0.2, 0) is 11.3 Å². The number of morpholine rings is 1. The lowest BCUT2D eigenvalue weighted by Crippen LogP contribution is -2.39. The Morgan fingerprint density at radius 3 is 2.47 bits per heavy atom. The van der Waals surface area contributed by atoms with Crippen molar-refractivity contribution in [2.75, 3.05) is 53.6 Å². The van der Waals surface area contributed by atoms with Crippen LogP contribution in [-0.4, -0.2) is 69.5 Å². The van der Waals surface area contributed by atoms with Crippen LogP contribution in [0.15, 0.2) is 48.5 Å². The predicted molar refractivity (Wildman–Crippen MR) is 114 cm³/mol. The third-order valence-corrected chi connectivity index (χ3v) is 5.03. The highest BCUT2D eigenvalue weighted by molar-refractivity contribution is 5.70. The second-order valence-electron chi connectivity index (χ2n) is 7.10. The van der Waals surface area contributed by atoms with Gasteiger partial charge in [-0.05, 0) is 36.2 Å². The van der Waals surface area contributed by atoms with Crippen molar-refractivity contribution in [3.05, 3.63) is 54.1 Å². The number of rotatable bonds is 9. The van der Waals surface area contributed by atoms with Crippen molar-refractivity contribution in [1.29, 1.82) is 0 Å². The molecule has 0 aromatic heterocycles. The van der Waals surface area contributed by atoms with Crippen LogP contribution in [0.4, 0.5) is 4.79 Å². The summed E-state index contributed by atoms with van der Waals surface area (Å²) in [5.41, 5.74) is 0.948. The van der Waals surface area contributed by atoms with Crippen LogP contribution in [0.25, 0.3) is 0 Å². The van der Waals surface area contributed by atoms with E-state index in [4.69, 9.17) is 18.9 Å². The van der Waals surface area contributed by atoms with Crippen molar-refractivity contribution in [2.45, 2.75) is 13.0 Å². The van der Waals surface area contributed by atoms with Gasteiger partial charge in [0.05, 0.1) is 27.4 Å². The molecule has 0 N–H and O–H groups in total. The van der Waals surface area contributed by atoms with Gasteiger partial charge in [-0.3, -0.25) is 4.90 Å². The van der Waals surface area contributed by atoms with Crippen molar-refractivity contribution in [2.24, 2.45) is 0 Å². The molecule has 2 aromatic carbocycles. The fourth-order valence-corrected chi connectivity index (χ4v) is 3.40. The molecule has 2 aromatic rings. The zero-order valence-corrected chi connectivity index (χ0v) is 17.7. The number of ether oxygens (including phenoxy) is 4. The molecule has 0 aliphatic carbocycles. The topological polar surface area (TPSA) is 60.5 Å². The molecule has 1 saturated heterocycles. The van der Waals surface area contributed by atoms with Gasteiger partial charge < -0.3 is 23.8 Å². The van der Waals surface area contributed by atoms with E-state index in [0.29, 0.717) is 30.3 Å². The van der Waals surface area contributed by atoms with Gasteiger partial charge in [0.25, 0.3) is 0 Å². The average Bonchev–Trinajstić information content (AvgIpc) is 2.79. The number of para-hydroxylation sites is 1. The van der Waals surface area contributed by atoms with E-state index in [2.05, 4.69) is 4.90 Å². The van der Waals surface area contributed by atoms with Crippen LogP contribution < -0.4 is 14.2 Å². The first-order valence-electron chi connectivity index (χ1n) is 10.2. The summed E-state index contributed by atoms with van der Waals surface area (Å²) in [6.45, 7) is 5.35. The van der Waals surface area contributed by atoms with Crippen molar-refractivity contribution in [3.8, 4) is 17.2 Å². The highest BCUT2D eigenvalue weighted by atomic mass is 16.6. The summed E-state index contributed by atoms with van der Waals surface area (Å²) in [4.78, 5) is 17.0. The fraction of sp³-hybridized carbons (Fsp3) is 0.435. The molecule has 7 heteroatoms. The van der Waals surface area contributed by atoms with Crippen molar-refractivity contribution >= 4 is 6.09 Å². The fourth-order valence-electron chi connectivity index (χ4n) is 3.40. The van der Waals surface area contributed by atoms with Gasteiger partial charge in [0.1, 0.15) is 5.75 Å². The zero-order chi connectivity index (χ0) is 21.2. The van der Waals surface area contributed by atoms with Crippen molar-refractivity contribution < 1.29 is 23.7 Å². The lowest BCUT2D eigenvalue weighted by Gasteiger charge is -2.28. The summed E-state index contributed by atoms with van der Waals surface area (Å²) in [6.07, 6.45) is 0.495. The normalized spacial score (nSPS) is 14.2. The third-order valence-electron chi connectivity index (χ3n) is 5.03. The van der Waals surface area contributed by atoms with Gasteiger partial charge in [-0.1, -0.05) is 24.3 Å². The van der Waals surface area contributed by atoms with Crippen LogP contribution >= 0.6 is 0 Å². The molecule has 0 unspecified atom stereocenters. The zero-order valence-electron chi connectivity index (χ0n) is 17.7. The van der Waals surface area contributed by atoms with E-state index >= 15 is 0 Å². The molecule has 0 atom stereocenters. The molecular weight excluding hydrogens is 384 g/mol. The Balaban J connectivity index is 1.66. The summed E-state index contributed by atoms with van der Waals surface area (Å²) in [5, 5.41) is 0. The van der Waals surface area contributed by atoms with Crippen LogP contribution in [0.1, 0.15) is 12.0 Å². The molecule has 7 nitrogen and oxygen atoms in total. The number of amides is 1. The van der Waals surface area contributed by atoms with E-state index < -0.39 is 0 Å². The van der Waals surface area contributed by atoms with Gasteiger partial charge in [0.15, 0.2) is 11.5 Å². The monoisotopic (exact) mass is 414 g/mol. The SMILES string of the molecule is COc1ccc(CN(CCCN2CCOCC2)C(=O)Oc2ccccc2)cc1OC. The second-order valence-corrected chi connectivity index (χ2v) is 7.10. The van der Waals surface area contributed by atoms with Crippen LogP contribution in [0.3, 0.4) is 0 Å². The number of hydrogen-bond donors (Lipinski definition) is 0. The van der Waals surface area contributed by atoms with Crippen LogP contribution in [0, 0.1) is 0 Å². The maximum Gasteiger partial charge on any atom is 0.415 e. The lowest BCUT2D eigenvalue weighted by atomic mass is 10.2. The van der Waals surface area contributed by atoms with E-state index in [-0.39, 0.29) is 6.09 Å². The lowest BCUT2D eigenvalue weighted by molar-refractivity contribution is 0.0361. The Morgan fingerprint density at radius 2 is 1.77 bits per heavy atom. The maximum absolute atomic E-state index is 12.9. The number of nitrogens with zero attached hydrogens (tertiary/aromatic N) is 2. The Labute approximate surface area is 178 Å². The summed E-state index contributed by atoms with van der Waals surface area (Å²) < 4.78 is 21.7. The minimum absolute atomic E-state index is 0.363. The summed E-state index contributed by atoms with van der Waals surface area (Å²) >= 11 is 0. The molecule has 1 amide bonds. The Morgan fingerprint density at radius 1 is 1.03 bits per heavy atom. The number of carbonyl (C=O) groups is 1. The number of benzene rings is 2. The molecule has 0 spiro atoms. The summed E-state index contributed by atoms with van der Waals surface area (Å²) in [7, 11) is 3.21. The van der Waals surface area contributed by atoms with Gasteiger partial charge in [0, 0.05) is 32.7 Å².